The molecular weight excluding hydrogens is 244 g/mol. The van der Waals surface area contributed by atoms with Crippen LogP contribution in [0.15, 0.2) is 18.2 Å². The van der Waals surface area contributed by atoms with Gasteiger partial charge in [0.15, 0.2) is 0 Å². The Morgan fingerprint density at radius 2 is 2.21 bits per heavy atom. The van der Waals surface area contributed by atoms with Gasteiger partial charge in [0, 0.05) is 13.0 Å². The average Bonchev–Trinajstić information content (AvgIpc) is 2.72. The molecule has 0 radical (unpaired) electrons. The van der Waals surface area contributed by atoms with Crippen LogP contribution in [0.2, 0.25) is 0 Å². The van der Waals surface area contributed by atoms with Crippen LogP contribution in [0.3, 0.4) is 0 Å². The second kappa shape index (κ2) is 5.40. The first kappa shape index (κ1) is 13.5. The molecule has 19 heavy (non-hydrogen) atoms. The SMILES string of the molecule is CCc1nc2cc(C(=O)O)ccc2n1CCC(C)O. The van der Waals surface area contributed by atoms with Gasteiger partial charge in [0.05, 0.1) is 22.7 Å². The van der Waals surface area contributed by atoms with Crippen molar-refractivity contribution >= 4 is 17.0 Å². The summed E-state index contributed by atoms with van der Waals surface area (Å²) in [6, 6.07) is 4.97. The van der Waals surface area contributed by atoms with E-state index in [9.17, 15) is 9.90 Å². The molecule has 0 spiro atoms. The van der Waals surface area contributed by atoms with Crippen molar-refractivity contribution in [3.05, 3.63) is 29.6 Å². The number of hydrogen-bond donors (Lipinski definition) is 2. The Bertz CT molecular complexity index is 602. The first-order valence-corrected chi connectivity index (χ1v) is 6.43. The number of carbonyl (C=O) groups is 1. The Balaban J connectivity index is 2.46. The Morgan fingerprint density at radius 1 is 1.47 bits per heavy atom. The van der Waals surface area contributed by atoms with Gasteiger partial charge in [-0.3, -0.25) is 0 Å². The lowest BCUT2D eigenvalue weighted by molar-refractivity contribution is 0.0697. The van der Waals surface area contributed by atoms with Crippen LogP contribution in [0.1, 0.15) is 36.5 Å². The summed E-state index contributed by atoms with van der Waals surface area (Å²) in [5.41, 5.74) is 1.86. The number of aryl methyl sites for hydroxylation is 2. The molecule has 1 atom stereocenters. The number of benzene rings is 1. The molecule has 2 N–H and O–H groups in total. The van der Waals surface area contributed by atoms with Gasteiger partial charge in [-0.15, -0.1) is 0 Å². The molecule has 1 unspecified atom stereocenters. The number of carboxylic acid groups (broad SMARTS) is 1. The molecule has 2 aromatic rings. The quantitative estimate of drug-likeness (QED) is 0.865. The first-order valence-electron chi connectivity index (χ1n) is 6.43. The number of imidazole rings is 1. The number of hydrogen-bond acceptors (Lipinski definition) is 3. The number of aromatic carboxylic acids is 1. The van der Waals surface area contributed by atoms with Crippen molar-refractivity contribution in [3.8, 4) is 0 Å². The molecule has 102 valence electrons. The van der Waals surface area contributed by atoms with E-state index >= 15 is 0 Å². The summed E-state index contributed by atoms with van der Waals surface area (Å²) < 4.78 is 2.05. The van der Waals surface area contributed by atoms with Crippen molar-refractivity contribution in [1.29, 1.82) is 0 Å². The lowest BCUT2D eigenvalue weighted by atomic mass is 10.2. The minimum atomic E-state index is -0.946. The third kappa shape index (κ3) is 2.76. The summed E-state index contributed by atoms with van der Waals surface area (Å²) in [4.78, 5) is 15.4. The highest BCUT2D eigenvalue weighted by molar-refractivity contribution is 5.92. The van der Waals surface area contributed by atoms with E-state index in [1.54, 1.807) is 25.1 Å². The summed E-state index contributed by atoms with van der Waals surface area (Å²) in [5, 5.41) is 18.4. The third-order valence-electron chi connectivity index (χ3n) is 3.16. The molecule has 0 fully saturated rings. The maximum Gasteiger partial charge on any atom is 0.335 e. The molecule has 0 bridgehead atoms. The number of rotatable bonds is 5. The van der Waals surface area contributed by atoms with Crippen LogP contribution < -0.4 is 0 Å². The number of fused-ring (bicyclic) bond motifs is 1. The van der Waals surface area contributed by atoms with E-state index in [0.29, 0.717) is 18.5 Å². The molecule has 0 aliphatic rings. The number of aliphatic hydroxyl groups excluding tert-OH is 1. The van der Waals surface area contributed by atoms with Gasteiger partial charge in [-0.25, -0.2) is 9.78 Å². The summed E-state index contributed by atoms with van der Waals surface area (Å²) in [6.45, 7) is 4.45. The fourth-order valence-corrected chi connectivity index (χ4v) is 2.15. The fourth-order valence-electron chi connectivity index (χ4n) is 2.15. The molecular formula is C14H18N2O3. The van der Waals surface area contributed by atoms with Gasteiger partial charge in [0.25, 0.3) is 0 Å². The minimum Gasteiger partial charge on any atom is -0.478 e. The van der Waals surface area contributed by atoms with Gasteiger partial charge in [-0.2, -0.15) is 0 Å². The van der Waals surface area contributed by atoms with Crippen LogP contribution in [0.4, 0.5) is 0 Å². The monoisotopic (exact) mass is 262 g/mol. The molecule has 0 amide bonds. The Hall–Kier alpha value is -1.88. The van der Waals surface area contributed by atoms with Gasteiger partial charge in [0.1, 0.15) is 5.82 Å². The van der Waals surface area contributed by atoms with E-state index in [4.69, 9.17) is 5.11 Å². The third-order valence-corrected chi connectivity index (χ3v) is 3.16. The minimum absolute atomic E-state index is 0.246. The van der Waals surface area contributed by atoms with Crippen molar-refractivity contribution in [3.63, 3.8) is 0 Å². The van der Waals surface area contributed by atoms with Crippen LogP contribution >= 0.6 is 0 Å². The molecule has 5 nitrogen and oxygen atoms in total. The van der Waals surface area contributed by atoms with Gasteiger partial charge in [-0.05, 0) is 31.5 Å². The zero-order valence-electron chi connectivity index (χ0n) is 11.1. The van der Waals surface area contributed by atoms with Crippen molar-refractivity contribution < 1.29 is 15.0 Å². The van der Waals surface area contributed by atoms with Gasteiger partial charge < -0.3 is 14.8 Å². The van der Waals surface area contributed by atoms with E-state index in [1.807, 2.05) is 11.5 Å². The zero-order chi connectivity index (χ0) is 14.0. The van der Waals surface area contributed by atoms with Crippen molar-refractivity contribution in [2.24, 2.45) is 0 Å². The molecule has 2 rings (SSSR count). The molecule has 1 heterocycles. The highest BCUT2D eigenvalue weighted by Gasteiger charge is 2.12. The summed E-state index contributed by atoms with van der Waals surface area (Å²) in [7, 11) is 0. The molecule has 1 aromatic heterocycles. The molecule has 0 aliphatic heterocycles. The van der Waals surface area contributed by atoms with Crippen LogP contribution in [0.5, 0.6) is 0 Å². The molecule has 1 aromatic carbocycles. The number of aromatic nitrogens is 2. The summed E-state index contributed by atoms with van der Waals surface area (Å²) >= 11 is 0. The summed E-state index contributed by atoms with van der Waals surface area (Å²) in [6.07, 6.45) is 1.07. The predicted molar refractivity (Wildman–Crippen MR) is 72.4 cm³/mol. The maximum atomic E-state index is 11.0. The Kier molecular flexibility index (Phi) is 3.85. The number of carboxylic acids is 1. The van der Waals surface area contributed by atoms with E-state index in [2.05, 4.69) is 4.98 Å². The standard InChI is InChI=1S/C14H18N2O3/c1-3-13-15-11-8-10(14(18)19)4-5-12(11)16(13)7-6-9(2)17/h4-5,8-9,17H,3,6-7H2,1-2H3,(H,18,19). The van der Waals surface area contributed by atoms with Crippen LogP contribution in [-0.4, -0.2) is 31.8 Å². The van der Waals surface area contributed by atoms with Crippen LogP contribution in [0, 0.1) is 0 Å². The zero-order valence-corrected chi connectivity index (χ0v) is 11.1. The van der Waals surface area contributed by atoms with E-state index < -0.39 is 5.97 Å². The normalized spacial score (nSPS) is 12.8. The predicted octanol–water partition coefficient (Wildman–Crippen LogP) is 2.07. The molecule has 5 heteroatoms. The largest absolute Gasteiger partial charge is 0.478 e. The first-order chi connectivity index (χ1) is 9.02. The van der Waals surface area contributed by atoms with Gasteiger partial charge in [0.2, 0.25) is 0 Å². The number of nitrogens with zero attached hydrogens (tertiary/aromatic N) is 2. The van der Waals surface area contributed by atoms with Crippen LogP contribution in [0.25, 0.3) is 11.0 Å². The van der Waals surface area contributed by atoms with Crippen molar-refractivity contribution in [1.82, 2.24) is 9.55 Å². The number of aliphatic hydroxyl groups is 1. The smallest absolute Gasteiger partial charge is 0.335 e. The maximum absolute atomic E-state index is 11.0. The van der Waals surface area contributed by atoms with Gasteiger partial charge in [-0.1, -0.05) is 6.92 Å². The molecule has 0 saturated carbocycles. The second-order valence-electron chi connectivity index (χ2n) is 4.68. The van der Waals surface area contributed by atoms with E-state index in [-0.39, 0.29) is 11.7 Å². The fraction of sp³-hybridized carbons (Fsp3) is 0.429. The Morgan fingerprint density at radius 3 is 2.79 bits per heavy atom. The lowest BCUT2D eigenvalue weighted by Crippen LogP contribution is -2.09. The topological polar surface area (TPSA) is 75.3 Å². The lowest BCUT2D eigenvalue weighted by Gasteiger charge is -2.09. The van der Waals surface area contributed by atoms with Gasteiger partial charge >= 0.3 is 5.97 Å². The highest BCUT2D eigenvalue weighted by atomic mass is 16.4. The highest BCUT2D eigenvalue weighted by Crippen LogP contribution is 2.19. The van der Waals surface area contributed by atoms with E-state index in [0.717, 1.165) is 17.8 Å². The second-order valence-corrected chi connectivity index (χ2v) is 4.68. The average molecular weight is 262 g/mol. The molecule has 0 aliphatic carbocycles. The molecule has 0 saturated heterocycles. The van der Waals surface area contributed by atoms with Crippen LogP contribution in [-0.2, 0) is 13.0 Å². The Labute approximate surface area is 111 Å². The van der Waals surface area contributed by atoms with E-state index in [1.165, 1.54) is 0 Å². The van der Waals surface area contributed by atoms with Crippen molar-refractivity contribution in [2.45, 2.75) is 39.3 Å². The van der Waals surface area contributed by atoms with Crippen molar-refractivity contribution in [2.75, 3.05) is 0 Å². The summed E-state index contributed by atoms with van der Waals surface area (Å²) in [5.74, 6) is -0.0309.